The Bertz CT molecular complexity index is 691. The molecule has 25 heavy (non-hydrogen) atoms. The van der Waals surface area contributed by atoms with Crippen LogP contribution in [0.1, 0.15) is 19.1 Å². The van der Waals surface area contributed by atoms with Crippen molar-refractivity contribution >= 4 is 11.8 Å². The molecule has 3 rings (SSSR count). The molecule has 134 valence electrons. The molecule has 0 aromatic carbocycles. The average molecular weight is 345 g/mol. The van der Waals surface area contributed by atoms with Crippen LogP contribution in [-0.2, 0) is 6.54 Å². The van der Waals surface area contributed by atoms with E-state index in [0.717, 1.165) is 24.5 Å². The molecule has 0 unspecified atom stereocenters. The third-order valence-electron chi connectivity index (χ3n) is 4.25. The largest absolute Gasteiger partial charge is 0.475 e. The third-order valence-corrected chi connectivity index (χ3v) is 4.25. The first-order valence-corrected chi connectivity index (χ1v) is 8.40. The molecule has 1 aliphatic rings. The van der Waals surface area contributed by atoms with Gasteiger partial charge in [-0.05, 0) is 25.5 Å². The maximum atomic E-state index is 12.3. The minimum absolute atomic E-state index is 0.105. The van der Waals surface area contributed by atoms with Crippen LogP contribution in [0.4, 0.5) is 10.6 Å². The number of furan rings is 1. The van der Waals surface area contributed by atoms with Crippen LogP contribution in [-0.4, -0.2) is 53.7 Å². The van der Waals surface area contributed by atoms with Gasteiger partial charge in [0.05, 0.1) is 25.5 Å². The number of hydrogen-bond acceptors (Lipinski definition) is 6. The number of carbonyl (C=O) groups is 1. The highest BCUT2D eigenvalue weighted by molar-refractivity contribution is 5.74. The van der Waals surface area contributed by atoms with Crippen molar-refractivity contribution < 1.29 is 13.9 Å². The molecule has 1 fully saturated rings. The summed E-state index contributed by atoms with van der Waals surface area (Å²) >= 11 is 0. The van der Waals surface area contributed by atoms with Gasteiger partial charge in [0, 0.05) is 32.5 Å². The van der Waals surface area contributed by atoms with Crippen molar-refractivity contribution in [3.05, 3.63) is 36.5 Å². The minimum Gasteiger partial charge on any atom is -0.475 e. The third kappa shape index (κ3) is 4.01. The lowest BCUT2D eigenvalue weighted by molar-refractivity contribution is 0.193. The Kier molecular flexibility index (Phi) is 5.37. The summed E-state index contributed by atoms with van der Waals surface area (Å²) < 4.78 is 10.8. The standard InChI is InChI=1S/C17H23N5O3/c1-3-24-16-15(18-7-8-19-16)22-9-6-13(12-22)21(2)17(23)20-11-14-5-4-10-25-14/h4-5,7-8,10,13H,3,6,9,11-12H2,1-2H3,(H,20,23)/t13-/m0/s1. The molecule has 0 radical (unpaired) electrons. The maximum Gasteiger partial charge on any atom is 0.317 e. The fourth-order valence-electron chi connectivity index (χ4n) is 2.89. The molecule has 2 aromatic heterocycles. The van der Waals surface area contributed by atoms with Gasteiger partial charge in [-0.2, -0.15) is 0 Å². The quantitative estimate of drug-likeness (QED) is 0.861. The maximum absolute atomic E-state index is 12.3. The number of aromatic nitrogens is 2. The molecule has 1 atom stereocenters. The van der Waals surface area contributed by atoms with Crippen molar-refractivity contribution in [1.29, 1.82) is 0 Å². The fraction of sp³-hybridized carbons (Fsp3) is 0.471. The van der Waals surface area contributed by atoms with Crippen LogP contribution in [0.3, 0.4) is 0 Å². The van der Waals surface area contributed by atoms with Crippen molar-refractivity contribution in [2.45, 2.75) is 25.9 Å². The molecule has 1 aliphatic heterocycles. The minimum atomic E-state index is -0.118. The van der Waals surface area contributed by atoms with E-state index in [4.69, 9.17) is 9.15 Å². The van der Waals surface area contributed by atoms with Crippen LogP contribution in [0.25, 0.3) is 0 Å². The number of amides is 2. The van der Waals surface area contributed by atoms with Gasteiger partial charge in [-0.1, -0.05) is 0 Å². The molecular weight excluding hydrogens is 322 g/mol. The second-order valence-corrected chi connectivity index (χ2v) is 5.86. The Morgan fingerprint density at radius 3 is 3.08 bits per heavy atom. The Hall–Kier alpha value is -2.77. The Labute approximate surface area is 146 Å². The predicted octanol–water partition coefficient (Wildman–Crippen LogP) is 1.89. The summed E-state index contributed by atoms with van der Waals surface area (Å²) in [6.45, 7) is 4.34. The Morgan fingerprint density at radius 2 is 2.32 bits per heavy atom. The second-order valence-electron chi connectivity index (χ2n) is 5.86. The van der Waals surface area contributed by atoms with Gasteiger partial charge in [-0.3, -0.25) is 0 Å². The summed E-state index contributed by atoms with van der Waals surface area (Å²) in [5.74, 6) is 2.00. The van der Waals surface area contributed by atoms with Crippen LogP contribution >= 0.6 is 0 Å². The molecule has 8 heteroatoms. The number of carbonyl (C=O) groups excluding carboxylic acids is 1. The molecule has 0 saturated carbocycles. The summed E-state index contributed by atoms with van der Waals surface area (Å²) in [6, 6.07) is 3.62. The van der Waals surface area contributed by atoms with Crippen LogP contribution in [0.5, 0.6) is 5.88 Å². The van der Waals surface area contributed by atoms with Crippen molar-refractivity contribution in [3.8, 4) is 5.88 Å². The fourth-order valence-corrected chi connectivity index (χ4v) is 2.89. The summed E-state index contributed by atoms with van der Waals surface area (Å²) in [5.41, 5.74) is 0. The first-order valence-electron chi connectivity index (χ1n) is 8.40. The number of nitrogens with zero attached hydrogens (tertiary/aromatic N) is 4. The van der Waals surface area contributed by atoms with Crippen LogP contribution in [0, 0.1) is 0 Å². The number of hydrogen-bond donors (Lipinski definition) is 1. The SMILES string of the molecule is CCOc1nccnc1N1CC[C@H](N(C)C(=O)NCc2ccco2)C1. The van der Waals surface area contributed by atoms with E-state index in [1.54, 1.807) is 29.6 Å². The smallest absolute Gasteiger partial charge is 0.317 e. The van der Waals surface area contributed by atoms with Crippen molar-refractivity contribution in [1.82, 2.24) is 20.2 Å². The van der Waals surface area contributed by atoms with E-state index in [0.29, 0.717) is 25.6 Å². The van der Waals surface area contributed by atoms with Gasteiger partial charge < -0.3 is 24.3 Å². The molecule has 0 bridgehead atoms. The van der Waals surface area contributed by atoms with Gasteiger partial charge in [0.15, 0.2) is 5.82 Å². The highest BCUT2D eigenvalue weighted by atomic mass is 16.5. The van der Waals surface area contributed by atoms with Gasteiger partial charge >= 0.3 is 6.03 Å². The van der Waals surface area contributed by atoms with Gasteiger partial charge in [0.2, 0.25) is 0 Å². The number of anilines is 1. The van der Waals surface area contributed by atoms with E-state index < -0.39 is 0 Å². The summed E-state index contributed by atoms with van der Waals surface area (Å²) in [6.07, 6.45) is 5.74. The normalized spacial score (nSPS) is 16.7. The Balaban J connectivity index is 1.57. The zero-order chi connectivity index (χ0) is 17.6. The lowest BCUT2D eigenvalue weighted by Gasteiger charge is -2.25. The lowest BCUT2D eigenvalue weighted by atomic mass is 10.2. The van der Waals surface area contributed by atoms with Crippen molar-refractivity contribution in [2.75, 3.05) is 31.6 Å². The lowest BCUT2D eigenvalue weighted by Crippen LogP contribution is -2.44. The highest BCUT2D eigenvalue weighted by Gasteiger charge is 2.30. The highest BCUT2D eigenvalue weighted by Crippen LogP contribution is 2.27. The van der Waals surface area contributed by atoms with E-state index in [1.165, 1.54) is 0 Å². The Morgan fingerprint density at radius 1 is 1.48 bits per heavy atom. The van der Waals surface area contributed by atoms with Gasteiger partial charge in [0.1, 0.15) is 5.76 Å². The predicted molar refractivity (Wildman–Crippen MR) is 92.5 cm³/mol. The van der Waals surface area contributed by atoms with Crippen LogP contribution in [0.15, 0.2) is 35.2 Å². The number of nitrogens with one attached hydrogen (secondary N) is 1. The van der Waals surface area contributed by atoms with E-state index >= 15 is 0 Å². The second kappa shape index (κ2) is 7.87. The van der Waals surface area contributed by atoms with E-state index in [9.17, 15) is 4.79 Å². The molecule has 0 aliphatic carbocycles. The van der Waals surface area contributed by atoms with E-state index in [-0.39, 0.29) is 12.1 Å². The summed E-state index contributed by atoms with van der Waals surface area (Å²) in [5, 5.41) is 2.87. The van der Waals surface area contributed by atoms with Gasteiger partial charge in [-0.25, -0.2) is 14.8 Å². The zero-order valence-electron chi connectivity index (χ0n) is 14.5. The average Bonchev–Trinajstić information content (AvgIpc) is 3.31. The first kappa shape index (κ1) is 17.1. The molecule has 0 spiro atoms. The molecule has 2 amide bonds. The zero-order valence-corrected chi connectivity index (χ0v) is 14.5. The monoisotopic (exact) mass is 345 g/mol. The first-order chi connectivity index (χ1) is 12.2. The van der Waals surface area contributed by atoms with Crippen molar-refractivity contribution in [3.63, 3.8) is 0 Å². The van der Waals surface area contributed by atoms with E-state index in [1.807, 2.05) is 20.0 Å². The molecular formula is C17H23N5O3. The summed E-state index contributed by atoms with van der Waals surface area (Å²) in [7, 11) is 1.81. The van der Waals surface area contributed by atoms with Crippen LogP contribution in [0.2, 0.25) is 0 Å². The van der Waals surface area contributed by atoms with Crippen LogP contribution < -0.4 is 15.0 Å². The molecule has 1 N–H and O–H groups in total. The van der Waals surface area contributed by atoms with Gasteiger partial charge in [0.25, 0.3) is 5.88 Å². The number of urea groups is 1. The molecule has 3 heterocycles. The number of ether oxygens (including phenoxy) is 1. The molecule has 2 aromatic rings. The van der Waals surface area contributed by atoms with E-state index in [2.05, 4.69) is 20.2 Å². The molecule has 8 nitrogen and oxygen atoms in total. The summed E-state index contributed by atoms with van der Waals surface area (Å²) in [4.78, 5) is 24.8. The number of likely N-dealkylation sites (N-methyl/N-ethyl adjacent to an activating group) is 1. The topological polar surface area (TPSA) is 83.7 Å². The van der Waals surface area contributed by atoms with Crippen molar-refractivity contribution in [2.24, 2.45) is 0 Å². The van der Waals surface area contributed by atoms with Gasteiger partial charge in [-0.15, -0.1) is 0 Å². The number of rotatable bonds is 6. The molecule has 1 saturated heterocycles.